The maximum Gasteiger partial charge on any atom is 0.343 e. The molecule has 2 aromatic rings. The van der Waals surface area contributed by atoms with Crippen LogP contribution in [0.2, 0.25) is 8.67 Å². The number of hydrogen-bond donors (Lipinski definition) is 2. The molecular weight excluding hydrogens is 361 g/mol. The summed E-state index contributed by atoms with van der Waals surface area (Å²) in [6.07, 6.45) is 1.16. The molecule has 0 saturated heterocycles. The average molecular weight is 370 g/mol. The number of thiophene rings is 1. The molecule has 0 atom stereocenters. The Labute approximate surface area is 134 Å². The fourth-order valence-corrected chi connectivity index (χ4v) is 4.61. The lowest BCUT2D eigenvalue weighted by Crippen LogP contribution is -2.16. The van der Waals surface area contributed by atoms with Crippen molar-refractivity contribution in [2.75, 3.05) is 11.3 Å². The van der Waals surface area contributed by atoms with Crippen LogP contribution in [0.25, 0.3) is 0 Å². The Morgan fingerprint density at radius 1 is 1.52 bits per heavy atom. The molecule has 0 bridgehead atoms. The van der Waals surface area contributed by atoms with Crippen molar-refractivity contribution in [3.63, 3.8) is 0 Å². The van der Waals surface area contributed by atoms with E-state index < -0.39 is 16.0 Å². The number of rotatable bonds is 5. The molecule has 0 aromatic carbocycles. The van der Waals surface area contributed by atoms with Gasteiger partial charge in [-0.2, -0.15) is 5.10 Å². The monoisotopic (exact) mass is 369 g/mol. The molecule has 0 saturated carbocycles. The Kier molecular flexibility index (Phi) is 4.77. The maximum atomic E-state index is 12.2. The second kappa shape index (κ2) is 6.22. The van der Waals surface area contributed by atoms with Crippen LogP contribution < -0.4 is 4.72 Å². The van der Waals surface area contributed by atoms with Gasteiger partial charge in [-0.05, 0) is 13.0 Å². The number of esters is 1. The topological polar surface area (TPSA) is 101 Å². The Bertz CT molecular complexity index is 769. The van der Waals surface area contributed by atoms with E-state index in [1.54, 1.807) is 6.92 Å². The van der Waals surface area contributed by atoms with E-state index >= 15 is 0 Å². The predicted octanol–water partition coefficient (Wildman–Crippen LogP) is 2.76. The van der Waals surface area contributed by atoms with Gasteiger partial charge < -0.3 is 4.74 Å². The van der Waals surface area contributed by atoms with E-state index in [0.29, 0.717) is 0 Å². The number of sulfonamides is 1. The third-order valence-electron chi connectivity index (χ3n) is 2.29. The van der Waals surface area contributed by atoms with E-state index in [2.05, 4.69) is 14.9 Å². The van der Waals surface area contributed by atoms with Gasteiger partial charge in [0.15, 0.2) is 0 Å². The quantitative estimate of drug-likeness (QED) is 0.788. The van der Waals surface area contributed by atoms with E-state index in [4.69, 9.17) is 27.9 Å². The summed E-state index contributed by atoms with van der Waals surface area (Å²) in [5.74, 6) is -0.801. The molecule has 11 heteroatoms. The number of aromatic nitrogens is 2. The summed E-state index contributed by atoms with van der Waals surface area (Å²) < 4.78 is 31.7. The normalized spacial score (nSPS) is 11.4. The number of nitrogens with one attached hydrogen (secondary N) is 2. The highest BCUT2D eigenvalue weighted by Gasteiger charge is 2.24. The zero-order valence-electron chi connectivity index (χ0n) is 10.5. The number of H-pyrrole nitrogens is 1. The summed E-state index contributed by atoms with van der Waals surface area (Å²) in [6.45, 7) is 1.79. The Morgan fingerprint density at radius 2 is 2.24 bits per heavy atom. The zero-order valence-corrected chi connectivity index (χ0v) is 13.7. The van der Waals surface area contributed by atoms with Crippen molar-refractivity contribution in [3.05, 3.63) is 26.5 Å². The number of hydrogen-bond acceptors (Lipinski definition) is 6. The van der Waals surface area contributed by atoms with Crippen molar-refractivity contribution in [3.8, 4) is 0 Å². The van der Waals surface area contributed by atoms with Crippen LogP contribution in [0.5, 0.6) is 0 Å². The van der Waals surface area contributed by atoms with Gasteiger partial charge in [-0.25, -0.2) is 13.2 Å². The van der Waals surface area contributed by atoms with Crippen LogP contribution in [0, 0.1) is 0 Å². The number of aromatic amines is 1. The Hall–Kier alpha value is -1.29. The molecule has 0 aliphatic rings. The SMILES string of the molecule is CCOC(=O)c1cn[nH]c1NS(=O)(=O)c1cc(Cl)sc1Cl. The molecule has 2 heterocycles. The lowest BCUT2D eigenvalue weighted by atomic mass is 10.3. The molecule has 2 N–H and O–H groups in total. The standard InChI is InChI=1S/C10H9Cl2N3O4S2/c1-2-19-10(16)5-4-13-14-9(5)15-21(17,18)6-3-7(11)20-8(6)12/h3-4H,2H2,1H3,(H2,13,14,15). The molecule has 0 amide bonds. The Morgan fingerprint density at radius 3 is 2.81 bits per heavy atom. The Balaban J connectivity index is 2.32. The number of carbonyl (C=O) groups is 1. The van der Waals surface area contributed by atoms with Gasteiger partial charge in [0.2, 0.25) is 0 Å². The molecule has 0 unspecified atom stereocenters. The van der Waals surface area contributed by atoms with Gasteiger partial charge in [0, 0.05) is 0 Å². The van der Waals surface area contributed by atoms with Crippen LogP contribution >= 0.6 is 34.5 Å². The first-order valence-electron chi connectivity index (χ1n) is 5.53. The van der Waals surface area contributed by atoms with Crippen LogP contribution in [0.1, 0.15) is 17.3 Å². The zero-order chi connectivity index (χ0) is 15.6. The predicted molar refractivity (Wildman–Crippen MR) is 79.7 cm³/mol. The molecule has 2 rings (SSSR count). The van der Waals surface area contributed by atoms with Gasteiger partial charge in [0.05, 0.1) is 17.1 Å². The average Bonchev–Trinajstić information content (AvgIpc) is 2.96. The van der Waals surface area contributed by atoms with Gasteiger partial charge in [0.25, 0.3) is 10.0 Å². The summed E-state index contributed by atoms with van der Waals surface area (Å²) in [4.78, 5) is 11.5. The van der Waals surface area contributed by atoms with Crippen molar-refractivity contribution < 1.29 is 17.9 Å². The molecule has 0 spiro atoms. The number of nitrogens with zero attached hydrogens (tertiary/aromatic N) is 1. The van der Waals surface area contributed by atoms with Crippen molar-refractivity contribution in [1.82, 2.24) is 10.2 Å². The molecule has 0 aliphatic heterocycles. The summed E-state index contributed by atoms with van der Waals surface area (Å²) in [6, 6.07) is 1.22. The molecule has 0 fully saturated rings. The molecule has 0 radical (unpaired) electrons. The highest BCUT2D eigenvalue weighted by atomic mass is 35.5. The van der Waals surface area contributed by atoms with Gasteiger partial charge in [-0.1, -0.05) is 23.2 Å². The number of carbonyl (C=O) groups excluding carboxylic acids is 1. The number of anilines is 1. The van der Waals surface area contributed by atoms with Crippen molar-refractivity contribution >= 4 is 56.3 Å². The van der Waals surface area contributed by atoms with E-state index in [0.717, 1.165) is 17.5 Å². The van der Waals surface area contributed by atoms with Crippen LogP contribution in [-0.2, 0) is 14.8 Å². The lowest BCUT2D eigenvalue weighted by Gasteiger charge is -2.07. The first-order chi connectivity index (χ1) is 9.85. The molecule has 7 nitrogen and oxygen atoms in total. The van der Waals surface area contributed by atoms with E-state index in [1.807, 2.05) is 0 Å². The minimum absolute atomic E-state index is 0.0182. The van der Waals surface area contributed by atoms with Crippen LogP contribution in [-0.4, -0.2) is 31.2 Å². The van der Waals surface area contributed by atoms with Crippen molar-refractivity contribution in [2.45, 2.75) is 11.8 Å². The van der Waals surface area contributed by atoms with Crippen LogP contribution in [0.15, 0.2) is 17.2 Å². The van der Waals surface area contributed by atoms with Crippen LogP contribution in [0.4, 0.5) is 5.82 Å². The minimum Gasteiger partial charge on any atom is -0.462 e. The van der Waals surface area contributed by atoms with Gasteiger partial charge in [-0.15, -0.1) is 11.3 Å². The summed E-state index contributed by atoms with van der Waals surface area (Å²) in [5.41, 5.74) is -0.0297. The fourth-order valence-electron chi connectivity index (χ4n) is 1.43. The summed E-state index contributed by atoms with van der Waals surface area (Å²) >= 11 is 12.5. The molecule has 114 valence electrons. The first kappa shape index (κ1) is 16.1. The third-order valence-corrected chi connectivity index (χ3v) is 5.39. The van der Waals surface area contributed by atoms with Crippen molar-refractivity contribution in [1.29, 1.82) is 0 Å². The second-order valence-electron chi connectivity index (χ2n) is 3.67. The van der Waals surface area contributed by atoms with Crippen molar-refractivity contribution in [2.24, 2.45) is 0 Å². The third kappa shape index (κ3) is 3.49. The van der Waals surface area contributed by atoms with E-state index in [-0.39, 0.29) is 31.6 Å². The highest BCUT2D eigenvalue weighted by molar-refractivity contribution is 7.93. The van der Waals surface area contributed by atoms with Crippen LogP contribution in [0.3, 0.4) is 0 Å². The first-order valence-corrected chi connectivity index (χ1v) is 8.59. The molecule has 2 aromatic heterocycles. The maximum absolute atomic E-state index is 12.2. The van der Waals surface area contributed by atoms with Gasteiger partial charge in [-0.3, -0.25) is 9.82 Å². The number of ether oxygens (including phenoxy) is 1. The molecule has 0 aliphatic carbocycles. The molecule has 21 heavy (non-hydrogen) atoms. The van der Waals surface area contributed by atoms with E-state index in [1.165, 1.54) is 6.07 Å². The molecular formula is C10H9Cl2N3O4S2. The largest absolute Gasteiger partial charge is 0.462 e. The minimum atomic E-state index is -4.00. The fraction of sp³-hybridized carbons (Fsp3) is 0.200. The highest BCUT2D eigenvalue weighted by Crippen LogP contribution is 2.35. The van der Waals surface area contributed by atoms with E-state index in [9.17, 15) is 13.2 Å². The smallest absolute Gasteiger partial charge is 0.343 e. The lowest BCUT2D eigenvalue weighted by molar-refractivity contribution is 0.0527. The van der Waals surface area contributed by atoms with Gasteiger partial charge >= 0.3 is 5.97 Å². The second-order valence-corrected chi connectivity index (χ2v) is 7.61. The number of halogens is 2. The summed E-state index contributed by atoms with van der Waals surface area (Å²) in [5, 5.41) is 6.01. The van der Waals surface area contributed by atoms with Gasteiger partial charge in [0.1, 0.15) is 20.6 Å². The summed E-state index contributed by atoms with van der Waals surface area (Å²) in [7, 11) is -4.00.